The molecular formula is C14H17BrN2O2. The molecule has 1 N–H and O–H groups in total. The van der Waals surface area contributed by atoms with Crippen LogP contribution in [0, 0.1) is 0 Å². The second kappa shape index (κ2) is 6.21. The van der Waals surface area contributed by atoms with Crippen molar-refractivity contribution in [3.63, 3.8) is 0 Å². The first-order valence-electron chi connectivity index (χ1n) is 6.17. The van der Waals surface area contributed by atoms with Gasteiger partial charge in [-0.1, -0.05) is 6.07 Å². The Labute approximate surface area is 121 Å². The number of aryl methyl sites for hydroxylation is 1. The predicted molar refractivity (Wildman–Crippen MR) is 77.3 cm³/mol. The number of ether oxygens (including phenoxy) is 1. The van der Waals surface area contributed by atoms with Gasteiger partial charge in [-0.15, -0.1) is 0 Å². The van der Waals surface area contributed by atoms with Crippen LogP contribution in [0.5, 0.6) is 5.75 Å². The van der Waals surface area contributed by atoms with E-state index in [4.69, 9.17) is 4.74 Å². The summed E-state index contributed by atoms with van der Waals surface area (Å²) in [4.78, 5) is 4.28. The molecule has 0 aliphatic heterocycles. The van der Waals surface area contributed by atoms with Crippen LogP contribution in [0.1, 0.15) is 24.4 Å². The van der Waals surface area contributed by atoms with Crippen LogP contribution in [0.4, 0.5) is 0 Å². The molecule has 1 atom stereocenters. The minimum atomic E-state index is -0.574. The van der Waals surface area contributed by atoms with Gasteiger partial charge in [0.25, 0.3) is 0 Å². The van der Waals surface area contributed by atoms with Crippen molar-refractivity contribution in [3.05, 3.63) is 46.5 Å². The normalized spacial score (nSPS) is 12.4. The summed E-state index contributed by atoms with van der Waals surface area (Å²) in [5.41, 5.74) is 0.846. The van der Waals surface area contributed by atoms with E-state index < -0.39 is 6.10 Å². The number of benzene rings is 1. The summed E-state index contributed by atoms with van der Waals surface area (Å²) in [5.74, 6) is 1.65. The summed E-state index contributed by atoms with van der Waals surface area (Å²) in [6.07, 6.45) is 3.61. The van der Waals surface area contributed by atoms with E-state index in [9.17, 15) is 5.11 Å². The molecule has 1 aromatic heterocycles. The van der Waals surface area contributed by atoms with Gasteiger partial charge in [-0.25, -0.2) is 4.98 Å². The van der Waals surface area contributed by atoms with Crippen LogP contribution in [-0.2, 0) is 13.0 Å². The lowest BCUT2D eigenvalue weighted by atomic mass is 10.1. The van der Waals surface area contributed by atoms with Gasteiger partial charge in [0.1, 0.15) is 11.6 Å². The number of hydrogen-bond donors (Lipinski definition) is 1. The maximum Gasteiger partial charge on any atom is 0.133 e. The first-order chi connectivity index (χ1) is 9.15. The molecule has 5 heteroatoms. The minimum absolute atomic E-state index is 0.500. The Balaban J connectivity index is 2.16. The van der Waals surface area contributed by atoms with Crippen LogP contribution >= 0.6 is 15.9 Å². The van der Waals surface area contributed by atoms with Crippen molar-refractivity contribution in [3.8, 4) is 5.75 Å². The zero-order valence-electron chi connectivity index (χ0n) is 11.0. The van der Waals surface area contributed by atoms with Crippen molar-refractivity contribution in [2.24, 2.45) is 0 Å². The van der Waals surface area contributed by atoms with Gasteiger partial charge in [-0.05, 0) is 40.5 Å². The molecule has 19 heavy (non-hydrogen) atoms. The van der Waals surface area contributed by atoms with E-state index in [1.165, 1.54) is 0 Å². The van der Waals surface area contributed by atoms with Gasteiger partial charge in [0, 0.05) is 25.4 Å². The van der Waals surface area contributed by atoms with Crippen LogP contribution in [0.3, 0.4) is 0 Å². The summed E-state index contributed by atoms with van der Waals surface area (Å²) in [7, 11) is 1.62. The molecule has 0 radical (unpaired) electrons. The highest BCUT2D eigenvalue weighted by molar-refractivity contribution is 9.10. The minimum Gasteiger partial charge on any atom is -0.496 e. The Morgan fingerprint density at radius 2 is 2.26 bits per heavy atom. The molecule has 1 aromatic carbocycles. The van der Waals surface area contributed by atoms with Crippen LogP contribution in [0.25, 0.3) is 0 Å². The number of aliphatic hydroxyl groups is 1. The number of rotatable bonds is 5. The molecule has 4 nitrogen and oxygen atoms in total. The highest BCUT2D eigenvalue weighted by Crippen LogP contribution is 2.29. The van der Waals surface area contributed by atoms with Crippen molar-refractivity contribution in [1.29, 1.82) is 0 Å². The number of aromatic nitrogens is 2. The highest BCUT2D eigenvalue weighted by Gasteiger charge is 2.13. The first kappa shape index (κ1) is 14.1. The maximum atomic E-state index is 10.3. The second-order valence-electron chi connectivity index (χ2n) is 4.24. The summed E-state index contributed by atoms with van der Waals surface area (Å²) in [6.45, 7) is 2.91. The SMILES string of the molecule is CCn1ccnc1CC(O)c1ccc(OC)c(Br)c1. The second-order valence-corrected chi connectivity index (χ2v) is 5.10. The van der Waals surface area contributed by atoms with Crippen molar-refractivity contribution < 1.29 is 9.84 Å². The zero-order valence-corrected chi connectivity index (χ0v) is 12.6. The molecule has 2 aromatic rings. The van der Waals surface area contributed by atoms with Gasteiger partial charge in [-0.3, -0.25) is 0 Å². The monoisotopic (exact) mass is 324 g/mol. The lowest BCUT2D eigenvalue weighted by Gasteiger charge is -2.13. The van der Waals surface area contributed by atoms with E-state index in [0.717, 1.165) is 28.2 Å². The van der Waals surface area contributed by atoms with Gasteiger partial charge >= 0.3 is 0 Å². The van der Waals surface area contributed by atoms with Crippen molar-refractivity contribution in [1.82, 2.24) is 9.55 Å². The lowest BCUT2D eigenvalue weighted by molar-refractivity contribution is 0.174. The third kappa shape index (κ3) is 3.16. The fourth-order valence-electron chi connectivity index (χ4n) is 2.00. The van der Waals surface area contributed by atoms with E-state index in [1.807, 2.05) is 29.0 Å². The molecule has 0 spiro atoms. The summed E-state index contributed by atoms with van der Waals surface area (Å²) < 4.78 is 8.04. The maximum absolute atomic E-state index is 10.3. The van der Waals surface area contributed by atoms with Crippen LogP contribution < -0.4 is 4.74 Å². The molecule has 1 heterocycles. The zero-order chi connectivity index (χ0) is 13.8. The predicted octanol–water partition coefficient (Wildman–Crippen LogP) is 2.95. The molecule has 0 bridgehead atoms. The third-order valence-corrected chi connectivity index (χ3v) is 3.70. The number of hydrogen-bond acceptors (Lipinski definition) is 3. The lowest BCUT2D eigenvalue weighted by Crippen LogP contribution is -2.08. The standard InChI is InChI=1S/C14H17BrN2O2/c1-3-17-7-6-16-14(17)9-12(18)10-4-5-13(19-2)11(15)8-10/h4-8,12,18H,3,9H2,1-2H3. The Morgan fingerprint density at radius 3 is 2.89 bits per heavy atom. The highest BCUT2D eigenvalue weighted by atomic mass is 79.9. The molecule has 0 saturated carbocycles. The van der Waals surface area contributed by atoms with E-state index >= 15 is 0 Å². The topological polar surface area (TPSA) is 47.3 Å². The molecular weight excluding hydrogens is 308 g/mol. The van der Waals surface area contributed by atoms with Gasteiger partial charge < -0.3 is 14.4 Å². The number of aliphatic hydroxyl groups excluding tert-OH is 1. The molecule has 0 aliphatic rings. The number of halogens is 1. The fraction of sp³-hybridized carbons (Fsp3) is 0.357. The Hall–Kier alpha value is -1.33. The quantitative estimate of drug-likeness (QED) is 0.919. The number of imidazole rings is 1. The average molecular weight is 325 g/mol. The molecule has 2 rings (SSSR count). The molecule has 1 unspecified atom stereocenters. The first-order valence-corrected chi connectivity index (χ1v) is 6.96. The molecule has 0 fully saturated rings. The van der Waals surface area contributed by atoms with Crippen LogP contribution in [-0.4, -0.2) is 21.8 Å². The van der Waals surface area contributed by atoms with E-state index in [1.54, 1.807) is 13.3 Å². The summed E-state index contributed by atoms with van der Waals surface area (Å²) in [6, 6.07) is 5.59. The molecule has 0 aliphatic carbocycles. The van der Waals surface area contributed by atoms with Crippen molar-refractivity contribution >= 4 is 15.9 Å². The number of nitrogens with zero attached hydrogens (tertiary/aromatic N) is 2. The van der Waals surface area contributed by atoms with Crippen molar-refractivity contribution in [2.75, 3.05) is 7.11 Å². The van der Waals surface area contributed by atoms with Gasteiger partial charge in [0.2, 0.25) is 0 Å². The number of methoxy groups -OCH3 is 1. The summed E-state index contributed by atoms with van der Waals surface area (Å²) in [5, 5.41) is 10.3. The smallest absolute Gasteiger partial charge is 0.133 e. The fourth-order valence-corrected chi connectivity index (χ4v) is 2.56. The van der Waals surface area contributed by atoms with E-state index in [-0.39, 0.29) is 0 Å². The van der Waals surface area contributed by atoms with Gasteiger partial charge in [0.05, 0.1) is 17.7 Å². The van der Waals surface area contributed by atoms with E-state index in [2.05, 4.69) is 27.8 Å². The van der Waals surface area contributed by atoms with Crippen LogP contribution in [0.2, 0.25) is 0 Å². The Morgan fingerprint density at radius 1 is 1.47 bits per heavy atom. The molecule has 0 saturated heterocycles. The van der Waals surface area contributed by atoms with Crippen molar-refractivity contribution in [2.45, 2.75) is 26.0 Å². The average Bonchev–Trinajstić information content (AvgIpc) is 2.85. The molecule has 102 valence electrons. The van der Waals surface area contributed by atoms with Gasteiger partial charge in [0.15, 0.2) is 0 Å². The largest absolute Gasteiger partial charge is 0.496 e. The summed E-state index contributed by atoms with van der Waals surface area (Å²) >= 11 is 3.42. The Bertz CT molecular complexity index is 554. The van der Waals surface area contributed by atoms with Crippen LogP contribution in [0.15, 0.2) is 35.1 Å². The molecule has 0 amide bonds. The van der Waals surface area contributed by atoms with E-state index in [0.29, 0.717) is 6.42 Å². The Kier molecular flexibility index (Phi) is 4.61. The third-order valence-electron chi connectivity index (χ3n) is 3.08. The van der Waals surface area contributed by atoms with Gasteiger partial charge in [-0.2, -0.15) is 0 Å².